The van der Waals surface area contributed by atoms with Gasteiger partial charge in [-0.1, -0.05) is 0 Å². The molecule has 1 aromatic heterocycles. The summed E-state index contributed by atoms with van der Waals surface area (Å²) in [7, 11) is -4.92. The van der Waals surface area contributed by atoms with Crippen molar-refractivity contribution >= 4 is 16.3 Å². The Kier molecular flexibility index (Phi) is 11.1. The zero-order chi connectivity index (χ0) is 25.1. The van der Waals surface area contributed by atoms with Gasteiger partial charge in [0, 0.05) is 31.6 Å². The molecule has 0 fully saturated rings. The van der Waals surface area contributed by atoms with E-state index in [-0.39, 0.29) is 95.2 Å². The standard InChI is InChI=1S/C16H15F6N5O.K.H2O4S/c17-10-6-12(19)11(18)4-8(10)3-9(23)5-14(28)26-1-2-27-13(7-26)24-25-15(27)16(20,21)22;;1-5(2,3)4/h4,6,9H,1-3,5,7,23H2;;(H2,1,2,3,4)/q;+1;/p-1/t9-;;/m1../s1. The summed E-state index contributed by atoms with van der Waals surface area (Å²) in [5, 5.41) is 6.60. The number of hydrogen-bond acceptors (Lipinski definition) is 7. The summed E-state index contributed by atoms with van der Waals surface area (Å²) in [6.45, 7) is -0.302. The van der Waals surface area contributed by atoms with Gasteiger partial charge in [0.2, 0.25) is 22.1 Å². The van der Waals surface area contributed by atoms with Crippen LogP contribution in [0.25, 0.3) is 0 Å². The van der Waals surface area contributed by atoms with Crippen LogP contribution < -0.4 is 57.1 Å². The van der Waals surface area contributed by atoms with Gasteiger partial charge in [-0.05, 0) is 18.1 Å². The molecule has 1 aromatic carbocycles. The molecule has 0 radical (unpaired) electrons. The number of amides is 1. The monoisotopic (exact) mass is 543 g/mol. The summed E-state index contributed by atoms with van der Waals surface area (Å²) < 4.78 is 112. The van der Waals surface area contributed by atoms with Crippen LogP contribution in [0.5, 0.6) is 0 Å². The molecule has 3 rings (SSSR count). The molecule has 1 amide bonds. The van der Waals surface area contributed by atoms with E-state index in [0.29, 0.717) is 12.1 Å². The van der Waals surface area contributed by atoms with E-state index >= 15 is 0 Å². The molecule has 2 heterocycles. The first-order valence-corrected chi connectivity index (χ1v) is 10.3. The third-order valence-corrected chi connectivity index (χ3v) is 4.37. The van der Waals surface area contributed by atoms with E-state index in [9.17, 15) is 31.1 Å². The van der Waals surface area contributed by atoms with Crippen molar-refractivity contribution in [1.82, 2.24) is 19.7 Å². The molecule has 1 atom stereocenters. The van der Waals surface area contributed by atoms with Crippen molar-refractivity contribution in [3.63, 3.8) is 0 Å². The van der Waals surface area contributed by atoms with Gasteiger partial charge in [-0.2, -0.15) is 13.2 Å². The average Bonchev–Trinajstić information content (AvgIpc) is 3.08. The fourth-order valence-electron chi connectivity index (χ4n) is 3.01. The summed E-state index contributed by atoms with van der Waals surface area (Å²) in [5.41, 5.74) is 5.64. The van der Waals surface area contributed by atoms with Gasteiger partial charge < -0.3 is 19.8 Å². The molecule has 184 valence electrons. The Balaban J connectivity index is 0.000000873. The van der Waals surface area contributed by atoms with Crippen LogP contribution in [0.15, 0.2) is 12.1 Å². The van der Waals surface area contributed by atoms with Crippen LogP contribution in [-0.4, -0.2) is 55.7 Å². The molecule has 18 heteroatoms. The van der Waals surface area contributed by atoms with Gasteiger partial charge in [0.05, 0.1) is 6.54 Å². The second-order valence-electron chi connectivity index (χ2n) is 6.86. The molecule has 3 N–H and O–H groups in total. The Morgan fingerprint density at radius 1 is 1.15 bits per heavy atom. The number of hydrogen-bond donors (Lipinski definition) is 2. The Morgan fingerprint density at radius 3 is 2.26 bits per heavy atom. The number of nitrogens with zero attached hydrogens (tertiary/aromatic N) is 4. The molecule has 0 unspecified atom stereocenters. The van der Waals surface area contributed by atoms with Crippen LogP contribution in [0.2, 0.25) is 0 Å². The Morgan fingerprint density at radius 2 is 1.71 bits per heavy atom. The summed E-state index contributed by atoms with van der Waals surface area (Å²) in [6.07, 6.45) is -5.11. The number of aromatic nitrogens is 3. The number of rotatable bonds is 4. The summed E-state index contributed by atoms with van der Waals surface area (Å²) >= 11 is 0. The first-order valence-electron chi connectivity index (χ1n) is 8.90. The number of nitrogens with two attached hydrogens (primary N) is 1. The SMILES string of the molecule is N[C@@H](CC(=O)N1CCn2c(nnc2C(F)(F)F)C1)Cc1cc(F)c(F)cc1F.O=S(=O)([O-])O.[K+]. The van der Waals surface area contributed by atoms with E-state index in [4.69, 9.17) is 23.3 Å². The molecular formula is C16H16F6KN5O5S. The van der Waals surface area contributed by atoms with E-state index in [0.717, 1.165) is 4.57 Å². The first-order chi connectivity index (χ1) is 15.1. The van der Waals surface area contributed by atoms with E-state index in [2.05, 4.69) is 10.2 Å². The molecule has 0 bridgehead atoms. The van der Waals surface area contributed by atoms with Crippen LogP contribution in [0, 0.1) is 17.5 Å². The molecular weight excluding hydrogens is 527 g/mol. The van der Waals surface area contributed by atoms with Gasteiger partial charge in [-0.25, -0.2) is 21.6 Å². The first kappa shape index (κ1) is 30.9. The minimum absolute atomic E-state index is 0. The number of benzene rings is 1. The second-order valence-corrected chi connectivity index (χ2v) is 7.71. The third kappa shape index (κ3) is 9.15. The van der Waals surface area contributed by atoms with E-state index in [1.165, 1.54) is 4.90 Å². The number of halogens is 6. The van der Waals surface area contributed by atoms with Crippen molar-refractivity contribution < 1.29 is 100 Å². The van der Waals surface area contributed by atoms with Crippen LogP contribution in [0.1, 0.15) is 23.6 Å². The topological polar surface area (TPSA) is 154 Å². The zero-order valence-corrected chi connectivity index (χ0v) is 21.3. The molecule has 10 nitrogen and oxygen atoms in total. The van der Waals surface area contributed by atoms with E-state index < -0.39 is 51.8 Å². The largest absolute Gasteiger partial charge is 1.00 e. The van der Waals surface area contributed by atoms with Gasteiger partial charge in [-0.15, -0.1) is 10.2 Å². The van der Waals surface area contributed by atoms with Crippen LogP contribution in [0.4, 0.5) is 26.3 Å². The zero-order valence-electron chi connectivity index (χ0n) is 17.4. The Bertz CT molecular complexity index is 1120. The van der Waals surface area contributed by atoms with Crippen LogP contribution in [0.3, 0.4) is 0 Å². The van der Waals surface area contributed by atoms with E-state index in [1.807, 2.05) is 0 Å². The third-order valence-electron chi connectivity index (χ3n) is 4.37. The summed E-state index contributed by atoms with van der Waals surface area (Å²) in [4.78, 5) is 13.6. The normalized spacial score (nSPS) is 14.4. The van der Waals surface area contributed by atoms with Crippen molar-refractivity contribution in [2.24, 2.45) is 5.73 Å². The Labute approximate surface area is 231 Å². The summed E-state index contributed by atoms with van der Waals surface area (Å²) in [5.74, 6) is -5.15. The van der Waals surface area contributed by atoms with Crippen molar-refractivity contribution in [2.45, 2.75) is 38.1 Å². The molecule has 1 aliphatic rings. The van der Waals surface area contributed by atoms with Crippen molar-refractivity contribution in [1.29, 1.82) is 0 Å². The maximum Gasteiger partial charge on any atom is 1.00 e. The molecule has 0 aliphatic carbocycles. The minimum Gasteiger partial charge on any atom is -0.726 e. The van der Waals surface area contributed by atoms with Gasteiger partial charge in [0.15, 0.2) is 17.5 Å². The molecule has 1 aliphatic heterocycles. The number of carbonyl (C=O) groups is 1. The van der Waals surface area contributed by atoms with Crippen molar-refractivity contribution in [2.75, 3.05) is 6.54 Å². The maximum atomic E-state index is 13.7. The van der Waals surface area contributed by atoms with Gasteiger partial charge in [0.25, 0.3) is 0 Å². The van der Waals surface area contributed by atoms with Gasteiger partial charge >= 0.3 is 57.6 Å². The van der Waals surface area contributed by atoms with Crippen molar-refractivity contribution in [3.05, 3.63) is 46.8 Å². The molecule has 2 aromatic rings. The maximum absolute atomic E-state index is 13.7. The molecule has 0 spiro atoms. The van der Waals surface area contributed by atoms with Crippen LogP contribution >= 0.6 is 0 Å². The van der Waals surface area contributed by atoms with Crippen LogP contribution in [-0.2, 0) is 40.9 Å². The molecule has 0 saturated carbocycles. The minimum atomic E-state index is -4.92. The smallest absolute Gasteiger partial charge is 0.726 e. The average molecular weight is 543 g/mol. The van der Waals surface area contributed by atoms with Gasteiger partial charge in [0.1, 0.15) is 5.82 Å². The predicted octanol–water partition coefficient (Wildman–Crippen LogP) is -1.97. The fraction of sp³-hybridized carbons (Fsp3) is 0.438. The van der Waals surface area contributed by atoms with E-state index in [1.54, 1.807) is 0 Å². The number of alkyl halides is 3. The van der Waals surface area contributed by atoms with Gasteiger partial charge in [-0.3, -0.25) is 9.35 Å². The molecule has 0 saturated heterocycles. The summed E-state index contributed by atoms with van der Waals surface area (Å²) in [6, 6.07) is 0.184. The van der Waals surface area contributed by atoms with Crippen molar-refractivity contribution in [3.8, 4) is 0 Å². The molecule has 34 heavy (non-hydrogen) atoms. The predicted molar refractivity (Wildman–Crippen MR) is 95.4 cm³/mol. The number of fused-ring (bicyclic) bond motifs is 1. The fourth-order valence-corrected chi connectivity index (χ4v) is 3.01. The quantitative estimate of drug-likeness (QED) is 0.148. The Hall–Kier alpha value is -1.12. The number of carbonyl (C=O) groups excluding carboxylic acids is 1. The second kappa shape index (κ2) is 12.2.